The molecule has 2 rings (SSSR count). The second-order valence-corrected chi connectivity index (χ2v) is 4.43. The van der Waals surface area contributed by atoms with E-state index in [0.29, 0.717) is 11.4 Å². The van der Waals surface area contributed by atoms with Crippen LogP contribution >= 0.6 is 12.2 Å². The molecule has 0 saturated heterocycles. The zero-order valence-electron chi connectivity index (χ0n) is 9.87. The van der Waals surface area contributed by atoms with Crippen molar-refractivity contribution in [1.29, 1.82) is 0 Å². The lowest BCUT2D eigenvalue weighted by atomic mass is 10.2. The molecule has 18 heavy (non-hydrogen) atoms. The average Bonchev–Trinajstić information content (AvgIpc) is 2.56. The zero-order chi connectivity index (χ0) is 13.4. The molecule has 0 amide bonds. The van der Waals surface area contributed by atoms with Gasteiger partial charge in [-0.2, -0.15) is 5.10 Å². The van der Waals surface area contributed by atoms with Gasteiger partial charge in [-0.25, -0.2) is 13.5 Å². The van der Waals surface area contributed by atoms with Crippen LogP contribution in [0.5, 0.6) is 0 Å². The van der Waals surface area contributed by atoms with E-state index in [9.17, 15) is 8.78 Å². The van der Waals surface area contributed by atoms with Gasteiger partial charge in [-0.1, -0.05) is 12.2 Å². The van der Waals surface area contributed by atoms with Gasteiger partial charge in [-0.15, -0.1) is 0 Å². The van der Waals surface area contributed by atoms with Crippen molar-refractivity contribution in [3.8, 4) is 5.69 Å². The molecule has 6 heteroatoms. The minimum Gasteiger partial charge on any atom is -0.389 e. The molecule has 0 aliphatic heterocycles. The maximum Gasteiger partial charge on any atom is 0.152 e. The van der Waals surface area contributed by atoms with Crippen LogP contribution in [0.15, 0.2) is 18.2 Å². The predicted octanol–water partition coefficient (Wildman–Crippen LogP) is 2.40. The molecule has 0 spiro atoms. The van der Waals surface area contributed by atoms with E-state index in [1.807, 2.05) is 0 Å². The van der Waals surface area contributed by atoms with Gasteiger partial charge < -0.3 is 5.73 Å². The number of nitrogens with two attached hydrogens (primary N) is 1. The van der Waals surface area contributed by atoms with E-state index in [0.717, 1.165) is 12.1 Å². The highest BCUT2D eigenvalue weighted by molar-refractivity contribution is 7.80. The summed E-state index contributed by atoms with van der Waals surface area (Å²) in [7, 11) is 0. The SMILES string of the molecule is Cc1cc(C)n(-c2c(F)cc(C(N)=S)cc2F)n1. The van der Waals surface area contributed by atoms with E-state index >= 15 is 0 Å². The first-order chi connectivity index (χ1) is 8.40. The van der Waals surface area contributed by atoms with Gasteiger partial charge >= 0.3 is 0 Å². The third-order valence-electron chi connectivity index (χ3n) is 2.52. The largest absolute Gasteiger partial charge is 0.389 e. The highest BCUT2D eigenvalue weighted by atomic mass is 32.1. The van der Waals surface area contributed by atoms with Gasteiger partial charge in [-0.3, -0.25) is 0 Å². The number of aryl methyl sites for hydroxylation is 2. The van der Waals surface area contributed by atoms with Crippen LogP contribution in [0, 0.1) is 25.5 Å². The summed E-state index contributed by atoms with van der Waals surface area (Å²) in [5, 5.41) is 4.05. The lowest BCUT2D eigenvalue weighted by Gasteiger charge is -2.09. The van der Waals surface area contributed by atoms with Crippen LogP contribution in [0.1, 0.15) is 17.0 Å². The van der Waals surface area contributed by atoms with Gasteiger partial charge in [-0.05, 0) is 32.0 Å². The monoisotopic (exact) mass is 267 g/mol. The summed E-state index contributed by atoms with van der Waals surface area (Å²) in [6, 6.07) is 3.95. The molecule has 0 radical (unpaired) electrons. The fraction of sp³-hybridized carbons (Fsp3) is 0.167. The van der Waals surface area contributed by atoms with Crippen LogP contribution < -0.4 is 5.73 Å². The second-order valence-electron chi connectivity index (χ2n) is 3.99. The van der Waals surface area contributed by atoms with Gasteiger partial charge in [0.25, 0.3) is 0 Å². The number of rotatable bonds is 2. The highest BCUT2D eigenvalue weighted by Gasteiger charge is 2.16. The highest BCUT2D eigenvalue weighted by Crippen LogP contribution is 2.21. The number of hydrogen-bond acceptors (Lipinski definition) is 2. The number of nitrogens with zero attached hydrogens (tertiary/aromatic N) is 2. The first-order valence-corrected chi connectivity index (χ1v) is 5.63. The lowest BCUT2D eigenvalue weighted by Crippen LogP contribution is -2.13. The number of hydrogen-bond donors (Lipinski definition) is 1. The van der Waals surface area contributed by atoms with Gasteiger partial charge in [0, 0.05) is 11.3 Å². The summed E-state index contributed by atoms with van der Waals surface area (Å²) in [5.41, 5.74) is 6.62. The Morgan fingerprint density at radius 2 is 1.78 bits per heavy atom. The first kappa shape index (κ1) is 12.6. The van der Waals surface area contributed by atoms with Gasteiger partial charge in [0.05, 0.1) is 5.69 Å². The molecule has 0 unspecified atom stereocenters. The van der Waals surface area contributed by atoms with Gasteiger partial charge in [0.2, 0.25) is 0 Å². The van der Waals surface area contributed by atoms with E-state index in [4.69, 9.17) is 18.0 Å². The second kappa shape index (κ2) is 4.45. The molecule has 3 nitrogen and oxygen atoms in total. The van der Waals surface area contributed by atoms with E-state index in [1.165, 1.54) is 4.68 Å². The molecule has 94 valence electrons. The molecule has 0 aliphatic rings. The summed E-state index contributed by atoms with van der Waals surface area (Å²) >= 11 is 4.69. The number of aromatic nitrogens is 2. The predicted molar refractivity (Wildman–Crippen MR) is 68.8 cm³/mol. The normalized spacial score (nSPS) is 10.7. The third kappa shape index (κ3) is 2.11. The van der Waals surface area contributed by atoms with Crippen LogP contribution in [0.4, 0.5) is 8.78 Å². The molecule has 1 heterocycles. The van der Waals surface area contributed by atoms with E-state index in [1.54, 1.807) is 19.9 Å². The maximum atomic E-state index is 13.9. The fourth-order valence-corrected chi connectivity index (χ4v) is 1.88. The smallest absolute Gasteiger partial charge is 0.152 e. The number of halogens is 2. The minimum absolute atomic E-state index is 0.0484. The quantitative estimate of drug-likeness (QED) is 0.850. The maximum absolute atomic E-state index is 13.9. The van der Waals surface area contributed by atoms with Crippen molar-refractivity contribution in [2.75, 3.05) is 0 Å². The molecule has 2 aromatic rings. The Bertz CT molecular complexity index is 611. The van der Waals surface area contributed by atoms with Crippen molar-refractivity contribution in [3.05, 3.63) is 46.8 Å². The van der Waals surface area contributed by atoms with Crippen molar-refractivity contribution in [2.45, 2.75) is 13.8 Å². The third-order valence-corrected chi connectivity index (χ3v) is 2.76. The molecule has 0 aliphatic carbocycles. The average molecular weight is 267 g/mol. The molecule has 1 aromatic carbocycles. The molecular formula is C12H11F2N3S. The Balaban J connectivity index is 2.66. The first-order valence-electron chi connectivity index (χ1n) is 5.22. The van der Waals surface area contributed by atoms with Crippen molar-refractivity contribution in [2.24, 2.45) is 5.73 Å². The summed E-state index contributed by atoms with van der Waals surface area (Å²) in [4.78, 5) is -0.0484. The Labute approximate surface area is 108 Å². The Morgan fingerprint density at radius 3 is 2.17 bits per heavy atom. The summed E-state index contributed by atoms with van der Waals surface area (Å²) in [6.45, 7) is 3.48. The molecule has 0 atom stereocenters. The van der Waals surface area contributed by atoms with E-state index in [2.05, 4.69) is 5.10 Å². The zero-order valence-corrected chi connectivity index (χ0v) is 10.7. The van der Waals surface area contributed by atoms with Crippen molar-refractivity contribution in [1.82, 2.24) is 9.78 Å². The molecule has 2 N–H and O–H groups in total. The standard InChI is InChI=1S/C12H11F2N3S/c1-6-3-7(2)17(16-6)11-9(13)4-8(12(15)18)5-10(11)14/h3-5H,1-2H3,(H2,15,18). The molecule has 0 fully saturated rings. The van der Waals surface area contributed by atoms with Gasteiger partial charge in [0.1, 0.15) is 10.7 Å². The van der Waals surface area contributed by atoms with Crippen LogP contribution in [0.3, 0.4) is 0 Å². The number of benzene rings is 1. The Hall–Kier alpha value is -1.82. The molecule has 1 aromatic heterocycles. The lowest BCUT2D eigenvalue weighted by molar-refractivity contribution is 0.556. The minimum atomic E-state index is -0.746. The molecular weight excluding hydrogens is 256 g/mol. The van der Waals surface area contributed by atoms with Crippen LogP contribution in [0.25, 0.3) is 5.69 Å². The van der Waals surface area contributed by atoms with Crippen molar-refractivity contribution in [3.63, 3.8) is 0 Å². The van der Waals surface area contributed by atoms with Crippen molar-refractivity contribution < 1.29 is 8.78 Å². The van der Waals surface area contributed by atoms with E-state index in [-0.39, 0.29) is 16.2 Å². The summed E-state index contributed by atoms with van der Waals surface area (Å²) < 4.78 is 29.1. The summed E-state index contributed by atoms with van der Waals surface area (Å²) in [6.07, 6.45) is 0. The van der Waals surface area contributed by atoms with E-state index < -0.39 is 11.6 Å². The van der Waals surface area contributed by atoms with Crippen LogP contribution in [-0.4, -0.2) is 14.8 Å². The molecule has 0 saturated carbocycles. The molecule has 0 bridgehead atoms. The summed E-state index contributed by atoms with van der Waals surface area (Å²) in [5.74, 6) is -1.49. The number of thiocarbonyl (C=S) groups is 1. The van der Waals surface area contributed by atoms with Crippen LogP contribution in [0.2, 0.25) is 0 Å². The Morgan fingerprint density at radius 1 is 1.22 bits per heavy atom. The Kier molecular flexibility index (Phi) is 3.13. The topological polar surface area (TPSA) is 43.8 Å². The van der Waals surface area contributed by atoms with Crippen LogP contribution in [-0.2, 0) is 0 Å². The van der Waals surface area contributed by atoms with Gasteiger partial charge in [0.15, 0.2) is 11.6 Å². The fourth-order valence-electron chi connectivity index (χ4n) is 1.77. The van der Waals surface area contributed by atoms with Crippen molar-refractivity contribution >= 4 is 17.2 Å².